The molecule has 1 aromatic heterocycles. The van der Waals surface area contributed by atoms with Gasteiger partial charge in [0.1, 0.15) is 11.4 Å². The van der Waals surface area contributed by atoms with Gasteiger partial charge in [0.15, 0.2) is 0 Å². The summed E-state index contributed by atoms with van der Waals surface area (Å²) >= 11 is 0. The maximum Gasteiger partial charge on any atom is 0.269 e. The van der Waals surface area contributed by atoms with E-state index in [2.05, 4.69) is 14.5 Å². The van der Waals surface area contributed by atoms with Gasteiger partial charge in [-0.05, 0) is 30.2 Å². The van der Waals surface area contributed by atoms with E-state index < -0.39 is 16.2 Å². The number of aromatic amines is 1. The van der Waals surface area contributed by atoms with Crippen molar-refractivity contribution in [1.82, 2.24) is 10.3 Å². The zero-order chi connectivity index (χ0) is 15.9. The normalized spacial score (nSPS) is 18.1. The Bertz CT molecular complexity index is 840. The van der Waals surface area contributed by atoms with Crippen molar-refractivity contribution in [3.8, 4) is 5.75 Å². The van der Waals surface area contributed by atoms with Gasteiger partial charge in [-0.2, -0.15) is 8.42 Å². The third-order valence-corrected chi connectivity index (χ3v) is 5.10. The highest BCUT2D eigenvalue weighted by molar-refractivity contribution is 7.86. The number of carbonyl (C=O) groups excluding carboxylic acids is 1. The number of hydrogen-bond donors (Lipinski definition) is 2. The minimum absolute atomic E-state index is 0.259. The number of aromatic nitrogens is 1. The second kappa shape index (κ2) is 5.29. The number of benzene rings is 1. The second-order valence-corrected chi connectivity index (χ2v) is 6.94. The number of ether oxygens (including phenoxy) is 1. The molecule has 7 nitrogen and oxygen atoms in total. The second-order valence-electron chi connectivity index (χ2n) is 5.16. The Hall–Kier alpha value is -2.06. The predicted molar refractivity (Wildman–Crippen MR) is 80.6 cm³/mol. The van der Waals surface area contributed by atoms with Crippen molar-refractivity contribution in [1.29, 1.82) is 0 Å². The third-order valence-electron chi connectivity index (χ3n) is 3.79. The van der Waals surface area contributed by atoms with Crippen LogP contribution in [0, 0.1) is 0 Å². The first-order valence-corrected chi connectivity index (χ1v) is 8.29. The van der Waals surface area contributed by atoms with E-state index >= 15 is 0 Å². The minimum atomic E-state index is -3.64. The van der Waals surface area contributed by atoms with Crippen LogP contribution in [0.4, 0.5) is 0 Å². The van der Waals surface area contributed by atoms with Gasteiger partial charge >= 0.3 is 0 Å². The van der Waals surface area contributed by atoms with Crippen LogP contribution < -0.4 is 10.1 Å². The summed E-state index contributed by atoms with van der Waals surface area (Å²) in [5, 5.41) is 3.56. The van der Waals surface area contributed by atoms with Crippen LogP contribution in [0.15, 0.2) is 18.2 Å². The number of methoxy groups -OCH3 is 1. The molecular weight excluding hydrogens is 308 g/mol. The van der Waals surface area contributed by atoms with E-state index in [4.69, 9.17) is 4.74 Å². The highest BCUT2D eigenvalue weighted by atomic mass is 32.2. The summed E-state index contributed by atoms with van der Waals surface area (Å²) in [4.78, 5) is 15.3. The lowest BCUT2D eigenvalue weighted by atomic mass is 9.99. The van der Waals surface area contributed by atoms with Gasteiger partial charge in [-0.25, -0.2) is 0 Å². The molecule has 1 aliphatic heterocycles. The summed E-state index contributed by atoms with van der Waals surface area (Å²) in [5.74, 6) is 0.111. The van der Waals surface area contributed by atoms with Crippen molar-refractivity contribution in [3.63, 3.8) is 0 Å². The molecule has 0 fully saturated rings. The Balaban J connectivity index is 2.02. The van der Waals surface area contributed by atoms with Gasteiger partial charge in [-0.3, -0.25) is 8.98 Å². The molecule has 2 N–H and O–H groups in total. The predicted octanol–water partition coefficient (Wildman–Crippen LogP) is 0.807. The van der Waals surface area contributed by atoms with Gasteiger partial charge in [0.05, 0.1) is 20.0 Å². The maximum atomic E-state index is 12.2. The monoisotopic (exact) mass is 324 g/mol. The lowest BCUT2D eigenvalue weighted by Gasteiger charge is -2.23. The number of hydrogen-bond acceptors (Lipinski definition) is 5. The summed E-state index contributed by atoms with van der Waals surface area (Å²) in [6.45, 7) is 0. The molecule has 3 rings (SSSR count). The number of rotatable bonds is 4. The van der Waals surface area contributed by atoms with Crippen LogP contribution in [-0.4, -0.2) is 45.3 Å². The molecule has 0 saturated heterocycles. The zero-order valence-electron chi connectivity index (χ0n) is 12.2. The highest BCUT2D eigenvalue weighted by Gasteiger charge is 2.31. The Labute approximate surface area is 127 Å². The third kappa shape index (κ3) is 2.55. The molecule has 1 amide bonds. The largest absolute Gasteiger partial charge is 0.497 e. The molecule has 1 unspecified atom stereocenters. The summed E-state index contributed by atoms with van der Waals surface area (Å²) in [7, 11) is -0.960. The molecule has 8 heteroatoms. The molecule has 1 aliphatic rings. The van der Waals surface area contributed by atoms with Crippen LogP contribution in [0.5, 0.6) is 5.75 Å². The molecule has 22 heavy (non-hydrogen) atoms. The summed E-state index contributed by atoms with van der Waals surface area (Å²) < 4.78 is 32.8. The summed E-state index contributed by atoms with van der Waals surface area (Å²) in [5.41, 5.74) is 2.08. The zero-order valence-corrected chi connectivity index (χ0v) is 13.0. The smallest absolute Gasteiger partial charge is 0.269 e. The van der Waals surface area contributed by atoms with Gasteiger partial charge in [-0.15, -0.1) is 0 Å². The number of H-pyrrole nitrogens is 1. The Morgan fingerprint density at radius 2 is 2.09 bits per heavy atom. The molecule has 0 spiro atoms. The standard InChI is InChI=1S/C14H16N2O5S/c1-20-9-3-4-12-10(6-9)11-5-8(7-22(18,19)21-2)15-14(17)13(11)16-12/h3-4,6,8,16H,5,7H2,1-2H3,(H,15,17). The fourth-order valence-corrected chi connectivity index (χ4v) is 3.56. The average Bonchev–Trinajstić information content (AvgIpc) is 2.85. The van der Waals surface area contributed by atoms with Crippen molar-refractivity contribution in [2.45, 2.75) is 12.5 Å². The van der Waals surface area contributed by atoms with Crippen molar-refractivity contribution >= 4 is 26.9 Å². The van der Waals surface area contributed by atoms with E-state index in [0.29, 0.717) is 17.9 Å². The van der Waals surface area contributed by atoms with Crippen LogP contribution in [0.1, 0.15) is 16.1 Å². The van der Waals surface area contributed by atoms with E-state index in [1.807, 2.05) is 12.1 Å². The Kier molecular flexibility index (Phi) is 3.57. The molecule has 0 saturated carbocycles. The van der Waals surface area contributed by atoms with Gasteiger partial charge in [-0.1, -0.05) is 0 Å². The van der Waals surface area contributed by atoms with Crippen LogP contribution in [0.2, 0.25) is 0 Å². The van der Waals surface area contributed by atoms with Crippen LogP contribution in [-0.2, 0) is 20.7 Å². The van der Waals surface area contributed by atoms with Crippen molar-refractivity contribution in [3.05, 3.63) is 29.5 Å². The molecular formula is C14H16N2O5S. The molecule has 2 heterocycles. The SMILES string of the molecule is COc1ccc2[nH]c3c(c2c1)CC(CS(=O)(=O)OC)NC3=O. The number of amides is 1. The Morgan fingerprint density at radius 3 is 2.77 bits per heavy atom. The first-order chi connectivity index (χ1) is 10.4. The molecule has 0 bridgehead atoms. The maximum absolute atomic E-state index is 12.2. The van der Waals surface area contributed by atoms with Gasteiger partial charge in [0.2, 0.25) is 0 Å². The molecule has 1 aromatic carbocycles. The van der Waals surface area contributed by atoms with E-state index in [1.54, 1.807) is 13.2 Å². The number of carbonyl (C=O) groups is 1. The molecule has 2 aromatic rings. The average molecular weight is 324 g/mol. The van der Waals surface area contributed by atoms with Crippen LogP contribution in [0.25, 0.3) is 10.9 Å². The van der Waals surface area contributed by atoms with Crippen molar-refractivity contribution in [2.75, 3.05) is 20.0 Å². The highest BCUT2D eigenvalue weighted by Crippen LogP contribution is 2.29. The van der Waals surface area contributed by atoms with Gasteiger partial charge in [0.25, 0.3) is 16.0 Å². The van der Waals surface area contributed by atoms with E-state index in [-0.39, 0.29) is 11.7 Å². The minimum Gasteiger partial charge on any atom is -0.497 e. The van der Waals surface area contributed by atoms with E-state index in [0.717, 1.165) is 23.6 Å². The fourth-order valence-electron chi connectivity index (χ4n) is 2.73. The first-order valence-electron chi connectivity index (χ1n) is 6.71. The van der Waals surface area contributed by atoms with Gasteiger partial charge < -0.3 is 15.0 Å². The molecule has 1 atom stereocenters. The van der Waals surface area contributed by atoms with E-state index in [9.17, 15) is 13.2 Å². The molecule has 0 aliphatic carbocycles. The lowest BCUT2D eigenvalue weighted by molar-refractivity contribution is 0.0925. The van der Waals surface area contributed by atoms with Crippen molar-refractivity contribution in [2.24, 2.45) is 0 Å². The van der Waals surface area contributed by atoms with Gasteiger partial charge in [0, 0.05) is 16.9 Å². The lowest BCUT2D eigenvalue weighted by Crippen LogP contribution is -2.45. The summed E-state index contributed by atoms with van der Waals surface area (Å²) in [6.07, 6.45) is 0.414. The number of fused-ring (bicyclic) bond motifs is 3. The molecule has 118 valence electrons. The number of nitrogens with one attached hydrogen (secondary N) is 2. The van der Waals surface area contributed by atoms with E-state index in [1.165, 1.54) is 0 Å². The van der Waals surface area contributed by atoms with Crippen molar-refractivity contribution < 1.29 is 22.1 Å². The first kappa shape index (κ1) is 14.9. The van der Waals surface area contributed by atoms with Crippen LogP contribution >= 0.6 is 0 Å². The topological polar surface area (TPSA) is 97.5 Å². The fraction of sp³-hybridized carbons (Fsp3) is 0.357. The van der Waals surface area contributed by atoms with Crippen LogP contribution in [0.3, 0.4) is 0 Å². The Morgan fingerprint density at radius 1 is 1.32 bits per heavy atom. The summed E-state index contributed by atoms with van der Waals surface area (Å²) in [6, 6.07) is 4.95. The quantitative estimate of drug-likeness (QED) is 0.811. The molecule has 0 radical (unpaired) electrons.